The first-order valence-corrected chi connectivity index (χ1v) is 7.32. The molecule has 1 unspecified atom stereocenters. The third-order valence-corrected chi connectivity index (χ3v) is 3.45. The maximum absolute atomic E-state index is 10.4. The highest BCUT2D eigenvalue weighted by Crippen LogP contribution is 2.15. The predicted octanol–water partition coefficient (Wildman–Crippen LogP) is 4.22. The highest BCUT2D eigenvalue weighted by Gasteiger charge is 2.09. The van der Waals surface area contributed by atoms with Gasteiger partial charge in [0.15, 0.2) is 0 Å². The number of nitrogens with zero attached hydrogens (tertiary/aromatic N) is 1. The smallest absolute Gasteiger partial charge is 0.106 e. The molecule has 0 aliphatic heterocycles. The molecule has 0 amide bonds. The Kier molecular flexibility index (Phi) is 8.07. The summed E-state index contributed by atoms with van der Waals surface area (Å²) in [6.45, 7) is 2.40. The number of rotatable bonds is 10. The van der Waals surface area contributed by atoms with Gasteiger partial charge in [0.2, 0.25) is 0 Å². The second-order valence-electron chi connectivity index (χ2n) is 5.12. The third kappa shape index (κ3) is 6.48. The molecule has 1 atom stereocenters. The Hall–Kier alpha value is -1.22. The highest BCUT2D eigenvalue weighted by atomic mass is 16.3. The van der Waals surface area contributed by atoms with Gasteiger partial charge in [0, 0.05) is 0 Å². The lowest BCUT2D eigenvalue weighted by molar-refractivity contribution is 0.160. The Labute approximate surface area is 116 Å². The van der Waals surface area contributed by atoms with Gasteiger partial charge in [-0.05, 0) is 24.0 Å². The molecule has 3 nitrogen and oxygen atoms in total. The number of unbranched alkanes of at least 4 members (excludes halogenated alkanes) is 4. The lowest BCUT2D eigenvalue weighted by Crippen LogP contribution is -2.11. The minimum Gasteiger partial charge on any atom is -0.393 e. The van der Waals surface area contributed by atoms with Gasteiger partial charge in [0.05, 0.1) is 6.10 Å². The number of hydrogen-bond donors (Lipinski definition) is 1. The number of aliphatic hydroxyl groups is 1. The van der Waals surface area contributed by atoms with Gasteiger partial charge in [-0.15, -0.1) is 0 Å². The molecule has 3 heteroatoms. The van der Waals surface area contributed by atoms with Crippen LogP contribution in [0.25, 0.3) is 0 Å². The van der Waals surface area contributed by atoms with E-state index in [0.29, 0.717) is 6.42 Å². The van der Waals surface area contributed by atoms with Crippen LogP contribution in [0.15, 0.2) is 29.4 Å². The molecule has 106 valence electrons. The molecule has 0 saturated heterocycles. The molecule has 0 spiro atoms. The number of hydrogen-bond acceptors (Lipinski definition) is 3. The Balaban J connectivity index is 2.35. The first-order valence-electron chi connectivity index (χ1n) is 7.32. The Morgan fingerprint density at radius 2 is 1.79 bits per heavy atom. The monoisotopic (exact) mass is 263 g/mol. The molecule has 0 heterocycles. The van der Waals surface area contributed by atoms with Crippen molar-refractivity contribution in [3.63, 3.8) is 0 Å². The molecule has 0 aliphatic rings. The number of nitroso groups, excluding NO2 is 1. The minimum absolute atomic E-state index is 0.194. The maximum atomic E-state index is 10.4. The van der Waals surface area contributed by atoms with Crippen molar-refractivity contribution in [2.75, 3.05) is 0 Å². The molecule has 0 fully saturated rings. The van der Waals surface area contributed by atoms with Crippen LogP contribution in [0.2, 0.25) is 0 Å². The van der Waals surface area contributed by atoms with E-state index in [0.717, 1.165) is 24.0 Å². The zero-order valence-electron chi connectivity index (χ0n) is 11.8. The van der Waals surface area contributed by atoms with Crippen molar-refractivity contribution in [3.8, 4) is 0 Å². The number of aliphatic hydroxyl groups excluding tert-OH is 1. The first-order chi connectivity index (χ1) is 9.27. The van der Waals surface area contributed by atoms with Crippen LogP contribution < -0.4 is 0 Å². The molecular formula is C16H25NO2. The second-order valence-corrected chi connectivity index (χ2v) is 5.12. The van der Waals surface area contributed by atoms with Gasteiger partial charge in [-0.1, -0.05) is 68.5 Å². The van der Waals surface area contributed by atoms with Crippen LogP contribution in [0.3, 0.4) is 0 Å². The summed E-state index contributed by atoms with van der Waals surface area (Å²) in [6.07, 6.45) is 7.21. The van der Waals surface area contributed by atoms with Crippen molar-refractivity contribution in [1.29, 1.82) is 0 Å². The van der Waals surface area contributed by atoms with Crippen LogP contribution in [0.4, 0.5) is 0 Å². The summed E-state index contributed by atoms with van der Waals surface area (Å²) in [5, 5.41) is 13.0. The average molecular weight is 263 g/mol. The zero-order chi connectivity index (χ0) is 13.9. The van der Waals surface area contributed by atoms with Gasteiger partial charge in [0.25, 0.3) is 0 Å². The SMILES string of the molecule is CCCCCCCC(O)Cc1ccccc1CN=O. The fourth-order valence-corrected chi connectivity index (χ4v) is 2.32. The van der Waals surface area contributed by atoms with E-state index in [-0.39, 0.29) is 12.6 Å². The van der Waals surface area contributed by atoms with E-state index in [2.05, 4.69) is 12.1 Å². The number of benzene rings is 1. The van der Waals surface area contributed by atoms with Crippen molar-refractivity contribution in [1.82, 2.24) is 0 Å². The normalized spacial score (nSPS) is 12.3. The van der Waals surface area contributed by atoms with Gasteiger partial charge in [-0.3, -0.25) is 0 Å². The van der Waals surface area contributed by atoms with Gasteiger partial charge >= 0.3 is 0 Å². The first kappa shape index (κ1) is 15.8. The largest absolute Gasteiger partial charge is 0.393 e. The van der Waals surface area contributed by atoms with Gasteiger partial charge in [-0.25, -0.2) is 0 Å². The van der Waals surface area contributed by atoms with Crippen molar-refractivity contribution in [3.05, 3.63) is 40.3 Å². The molecule has 19 heavy (non-hydrogen) atoms. The highest BCUT2D eigenvalue weighted by molar-refractivity contribution is 5.27. The molecule has 1 aromatic rings. The fraction of sp³-hybridized carbons (Fsp3) is 0.625. The maximum Gasteiger partial charge on any atom is 0.106 e. The summed E-state index contributed by atoms with van der Waals surface area (Å²) >= 11 is 0. The molecule has 0 radical (unpaired) electrons. The molecule has 1 rings (SSSR count). The van der Waals surface area contributed by atoms with Crippen LogP contribution in [0, 0.1) is 4.91 Å². The van der Waals surface area contributed by atoms with Crippen molar-refractivity contribution in [2.24, 2.45) is 5.18 Å². The van der Waals surface area contributed by atoms with E-state index in [4.69, 9.17) is 0 Å². The Morgan fingerprint density at radius 3 is 2.47 bits per heavy atom. The summed E-state index contributed by atoms with van der Waals surface area (Å²) in [7, 11) is 0. The summed E-state index contributed by atoms with van der Waals surface area (Å²) in [4.78, 5) is 10.4. The summed E-state index contributed by atoms with van der Waals surface area (Å²) in [5.41, 5.74) is 1.98. The van der Waals surface area contributed by atoms with Crippen molar-refractivity contribution in [2.45, 2.75) is 64.5 Å². The van der Waals surface area contributed by atoms with Crippen LogP contribution in [-0.2, 0) is 13.0 Å². The summed E-state index contributed by atoms with van der Waals surface area (Å²) in [6, 6.07) is 7.73. The zero-order valence-corrected chi connectivity index (χ0v) is 11.8. The lowest BCUT2D eigenvalue weighted by Gasteiger charge is -2.12. The molecule has 0 aliphatic carbocycles. The molecule has 1 aromatic carbocycles. The average Bonchev–Trinajstić information content (AvgIpc) is 2.41. The third-order valence-electron chi connectivity index (χ3n) is 3.45. The second kappa shape index (κ2) is 9.68. The minimum atomic E-state index is -0.311. The summed E-state index contributed by atoms with van der Waals surface area (Å²) < 4.78 is 0. The van der Waals surface area contributed by atoms with Crippen LogP contribution in [0.1, 0.15) is 56.6 Å². The van der Waals surface area contributed by atoms with E-state index in [1.807, 2.05) is 24.3 Å². The van der Waals surface area contributed by atoms with Crippen LogP contribution in [0.5, 0.6) is 0 Å². The van der Waals surface area contributed by atoms with E-state index < -0.39 is 0 Å². The van der Waals surface area contributed by atoms with Gasteiger partial charge in [-0.2, -0.15) is 4.91 Å². The van der Waals surface area contributed by atoms with E-state index >= 15 is 0 Å². The predicted molar refractivity (Wildman–Crippen MR) is 79.0 cm³/mol. The molecule has 0 aromatic heterocycles. The van der Waals surface area contributed by atoms with Crippen LogP contribution in [-0.4, -0.2) is 11.2 Å². The van der Waals surface area contributed by atoms with Gasteiger partial charge in [0.1, 0.15) is 6.54 Å². The van der Waals surface area contributed by atoms with E-state index in [9.17, 15) is 10.0 Å². The lowest BCUT2D eigenvalue weighted by atomic mass is 9.98. The van der Waals surface area contributed by atoms with Crippen molar-refractivity contribution >= 4 is 0 Å². The van der Waals surface area contributed by atoms with Gasteiger partial charge < -0.3 is 5.11 Å². The Morgan fingerprint density at radius 1 is 1.11 bits per heavy atom. The Bertz CT molecular complexity index is 366. The molecule has 1 N–H and O–H groups in total. The quantitative estimate of drug-likeness (QED) is 0.507. The molecular weight excluding hydrogens is 238 g/mol. The molecule has 0 bridgehead atoms. The standard InChI is InChI=1S/C16H25NO2/c1-2-3-4-5-6-11-16(18)12-14-9-7-8-10-15(14)13-17-19/h7-10,16,18H,2-6,11-13H2,1H3. The fourth-order valence-electron chi connectivity index (χ4n) is 2.32. The summed E-state index contributed by atoms with van der Waals surface area (Å²) in [5.74, 6) is 0. The van der Waals surface area contributed by atoms with E-state index in [1.54, 1.807) is 0 Å². The molecule has 0 saturated carbocycles. The topological polar surface area (TPSA) is 49.7 Å². The van der Waals surface area contributed by atoms with Crippen LogP contribution >= 0.6 is 0 Å². The van der Waals surface area contributed by atoms with E-state index in [1.165, 1.54) is 25.7 Å². The van der Waals surface area contributed by atoms with Crippen molar-refractivity contribution < 1.29 is 5.11 Å².